The van der Waals surface area contributed by atoms with E-state index < -0.39 is 6.04 Å². The molecule has 150 valence electrons. The van der Waals surface area contributed by atoms with Gasteiger partial charge in [0, 0.05) is 36.8 Å². The first kappa shape index (κ1) is 20.3. The Morgan fingerprint density at radius 3 is 2.50 bits per heavy atom. The van der Waals surface area contributed by atoms with Crippen LogP contribution in [0.3, 0.4) is 0 Å². The Morgan fingerprint density at radius 2 is 1.86 bits per heavy atom. The highest BCUT2D eigenvalue weighted by Crippen LogP contribution is 2.28. The molecule has 6 heteroatoms. The van der Waals surface area contributed by atoms with Crippen LogP contribution in [0.15, 0.2) is 18.2 Å². The highest BCUT2D eigenvalue weighted by Gasteiger charge is 2.40. The molecule has 1 aliphatic rings. The van der Waals surface area contributed by atoms with Crippen LogP contribution in [-0.2, 0) is 4.79 Å². The van der Waals surface area contributed by atoms with Gasteiger partial charge in [0.05, 0.1) is 11.1 Å². The lowest BCUT2D eigenvalue weighted by Gasteiger charge is -2.29. The molecule has 2 atom stereocenters. The maximum Gasteiger partial charge on any atom is 0.255 e. The van der Waals surface area contributed by atoms with Crippen molar-refractivity contribution < 1.29 is 9.59 Å². The molecule has 0 unspecified atom stereocenters. The number of aromatic nitrogens is 1. The van der Waals surface area contributed by atoms with Gasteiger partial charge < -0.3 is 15.5 Å². The number of rotatable bonds is 4. The van der Waals surface area contributed by atoms with E-state index in [1.54, 1.807) is 9.80 Å². The lowest BCUT2D eigenvalue weighted by molar-refractivity contribution is -0.134. The summed E-state index contributed by atoms with van der Waals surface area (Å²) in [5.74, 6) is -0.160. The molecule has 2 N–H and O–H groups in total. The summed E-state index contributed by atoms with van der Waals surface area (Å²) in [5.41, 5.74) is 10.5. The number of likely N-dealkylation sites (tertiary alicyclic amines) is 1. The molecule has 2 heterocycles. The summed E-state index contributed by atoms with van der Waals surface area (Å²) in [7, 11) is 0. The fourth-order valence-corrected chi connectivity index (χ4v) is 4.21. The van der Waals surface area contributed by atoms with E-state index in [0.29, 0.717) is 31.6 Å². The number of nitrogens with zero attached hydrogens (tertiary/aromatic N) is 3. The Kier molecular flexibility index (Phi) is 5.70. The van der Waals surface area contributed by atoms with E-state index in [0.717, 1.165) is 27.7 Å². The predicted molar refractivity (Wildman–Crippen MR) is 111 cm³/mol. The number of likely N-dealkylation sites (N-methyl/N-ethyl adjacent to an activating group) is 1. The highest BCUT2D eigenvalue weighted by atomic mass is 16.2. The molecule has 0 bridgehead atoms. The SMILES string of the molecule is CCN(CC)C(=O)[C@@H]1C[C@H](N)CN1C(=O)c1cc(C)nc2c(C)cc(C)cc12. The van der Waals surface area contributed by atoms with E-state index in [1.807, 2.05) is 46.8 Å². The second-order valence-corrected chi connectivity index (χ2v) is 7.77. The van der Waals surface area contributed by atoms with Crippen LogP contribution in [-0.4, -0.2) is 58.3 Å². The third-order valence-corrected chi connectivity index (χ3v) is 5.56. The van der Waals surface area contributed by atoms with Gasteiger partial charge >= 0.3 is 0 Å². The van der Waals surface area contributed by atoms with Crippen LogP contribution in [0.2, 0.25) is 0 Å². The molecule has 0 radical (unpaired) electrons. The van der Waals surface area contributed by atoms with Gasteiger partial charge in [-0.3, -0.25) is 14.6 Å². The van der Waals surface area contributed by atoms with Gasteiger partial charge in [0.25, 0.3) is 5.91 Å². The van der Waals surface area contributed by atoms with E-state index in [2.05, 4.69) is 11.1 Å². The minimum atomic E-state index is -0.503. The van der Waals surface area contributed by atoms with Gasteiger partial charge in [-0.15, -0.1) is 0 Å². The summed E-state index contributed by atoms with van der Waals surface area (Å²) in [6, 6.07) is 5.20. The van der Waals surface area contributed by atoms with Crippen molar-refractivity contribution in [3.05, 3.63) is 40.6 Å². The lowest BCUT2D eigenvalue weighted by Crippen LogP contribution is -2.47. The maximum atomic E-state index is 13.6. The molecule has 2 amide bonds. The highest BCUT2D eigenvalue weighted by molar-refractivity contribution is 6.08. The van der Waals surface area contributed by atoms with Crippen molar-refractivity contribution >= 4 is 22.7 Å². The number of hydrogen-bond acceptors (Lipinski definition) is 4. The predicted octanol–water partition coefficient (Wildman–Crippen LogP) is 2.57. The molecule has 1 saturated heterocycles. The van der Waals surface area contributed by atoms with Gasteiger partial charge in [0.15, 0.2) is 0 Å². The first-order chi connectivity index (χ1) is 13.3. The number of fused-ring (bicyclic) bond motifs is 1. The van der Waals surface area contributed by atoms with Gasteiger partial charge in [-0.05, 0) is 58.7 Å². The summed E-state index contributed by atoms with van der Waals surface area (Å²) < 4.78 is 0. The Hall–Kier alpha value is -2.47. The molecule has 28 heavy (non-hydrogen) atoms. The van der Waals surface area contributed by atoms with Gasteiger partial charge in [-0.2, -0.15) is 0 Å². The van der Waals surface area contributed by atoms with Crippen molar-refractivity contribution in [3.63, 3.8) is 0 Å². The normalized spacial score (nSPS) is 19.3. The van der Waals surface area contributed by atoms with Gasteiger partial charge in [-0.1, -0.05) is 11.6 Å². The van der Waals surface area contributed by atoms with Crippen LogP contribution >= 0.6 is 0 Å². The number of pyridine rings is 1. The molecule has 3 rings (SSSR count). The van der Waals surface area contributed by atoms with Gasteiger partial charge in [0.2, 0.25) is 5.91 Å². The minimum Gasteiger partial charge on any atom is -0.341 e. The Labute approximate surface area is 166 Å². The number of aryl methyl sites for hydroxylation is 3. The largest absolute Gasteiger partial charge is 0.341 e. The monoisotopic (exact) mass is 382 g/mol. The maximum absolute atomic E-state index is 13.6. The number of amides is 2. The molecule has 2 aromatic rings. The summed E-state index contributed by atoms with van der Waals surface area (Å²) in [6.07, 6.45) is 0.501. The van der Waals surface area contributed by atoms with Crippen LogP contribution in [0, 0.1) is 20.8 Å². The van der Waals surface area contributed by atoms with Crippen molar-refractivity contribution in [2.75, 3.05) is 19.6 Å². The van der Waals surface area contributed by atoms with E-state index in [4.69, 9.17) is 5.73 Å². The first-order valence-electron chi connectivity index (χ1n) is 10.0. The van der Waals surface area contributed by atoms with Crippen LogP contribution in [0.1, 0.15) is 47.4 Å². The van der Waals surface area contributed by atoms with Crippen LogP contribution in [0.5, 0.6) is 0 Å². The Bertz CT molecular complexity index is 920. The minimum absolute atomic E-state index is 0.0197. The molecule has 1 aliphatic heterocycles. The molecule has 0 spiro atoms. The fraction of sp³-hybridized carbons (Fsp3) is 0.500. The summed E-state index contributed by atoms with van der Waals surface area (Å²) in [6.45, 7) is 11.5. The topological polar surface area (TPSA) is 79.5 Å². The van der Waals surface area contributed by atoms with Crippen molar-refractivity contribution in [2.45, 2.75) is 53.1 Å². The van der Waals surface area contributed by atoms with Gasteiger partial charge in [0.1, 0.15) is 6.04 Å². The molecule has 0 saturated carbocycles. The summed E-state index contributed by atoms with van der Waals surface area (Å²) in [4.78, 5) is 34.6. The van der Waals surface area contributed by atoms with Crippen molar-refractivity contribution in [3.8, 4) is 0 Å². The molecule has 6 nitrogen and oxygen atoms in total. The van der Waals surface area contributed by atoms with Crippen molar-refractivity contribution in [1.82, 2.24) is 14.8 Å². The molecular weight excluding hydrogens is 352 g/mol. The van der Waals surface area contributed by atoms with E-state index in [9.17, 15) is 9.59 Å². The standard InChI is InChI=1S/C22H30N4O2/c1-6-25(7-2)22(28)19-11-16(23)12-26(19)21(27)18-10-15(5)24-20-14(4)8-13(3)9-17(18)20/h8-10,16,19H,6-7,11-12,23H2,1-5H3/t16-,19-/m0/s1. The number of carbonyl (C=O) groups is 2. The zero-order chi connectivity index (χ0) is 20.6. The second-order valence-electron chi connectivity index (χ2n) is 7.77. The molecule has 1 fully saturated rings. The molecule has 0 aliphatic carbocycles. The molecular formula is C22H30N4O2. The summed E-state index contributed by atoms with van der Waals surface area (Å²) >= 11 is 0. The Balaban J connectivity index is 2.06. The number of nitrogens with two attached hydrogens (primary N) is 1. The second kappa shape index (κ2) is 7.87. The number of benzene rings is 1. The third-order valence-electron chi connectivity index (χ3n) is 5.56. The Morgan fingerprint density at radius 1 is 1.18 bits per heavy atom. The van der Waals surface area contributed by atoms with E-state index in [1.165, 1.54) is 0 Å². The lowest BCUT2D eigenvalue weighted by atomic mass is 10.0. The molecule has 1 aromatic heterocycles. The van der Waals surface area contributed by atoms with Crippen molar-refractivity contribution in [2.24, 2.45) is 5.73 Å². The van der Waals surface area contributed by atoms with Gasteiger partial charge in [-0.25, -0.2) is 0 Å². The number of carbonyl (C=O) groups excluding carboxylic acids is 2. The zero-order valence-electron chi connectivity index (χ0n) is 17.5. The van der Waals surface area contributed by atoms with Crippen molar-refractivity contribution in [1.29, 1.82) is 0 Å². The zero-order valence-corrected chi connectivity index (χ0v) is 17.5. The first-order valence-corrected chi connectivity index (χ1v) is 10.0. The number of hydrogen-bond donors (Lipinski definition) is 1. The third kappa shape index (κ3) is 3.61. The average molecular weight is 383 g/mol. The quantitative estimate of drug-likeness (QED) is 0.881. The van der Waals surface area contributed by atoms with Crippen LogP contribution < -0.4 is 5.73 Å². The van der Waals surface area contributed by atoms with Crippen LogP contribution in [0.4, 0.5) is 0 Å². The smallest absolute Gasteiger partial charge is 0.255 e. The van der Waals surface area contributed by atoms with E-state index in [-0.39, 0.29) is 17.9 Å². The fourth-order valence-electron chi connectivity index (χ4n) is 4.21. The van der Waals surface area contributed by atoms with E-state index >= 15 is 0 Å². The summed E-state index contributed by atoms with van der Waals surface area (Å²) in [5, 5.41) is 0.836. The van der Waals surface area contributed by atoms with Crippen LogP contribution in [0.25, 0.3) is 10.9 Å². The average Bonchev–Trinajstić information content (AvgIpc) is 3.04. The molecule has 1 aromatic carbocycles.